The summed E-state index contributed by atoms with van der Waals surface area (Å²) in [5.74, 6) is -0.732. The third-order valence-electron chi connectivity index (χ3n) is 2.81. The second-order valence-electron chi connectivity index (χ2n) is 4.38. The number of aryl methyl sites for hydroxylation is 1. The first-order valence-corrected chi connectivity index (χ1v) is 6.73. The van der Waals surface area contributed by atoms with Crippen molar-refractivity contribution in [3.05, 3.63) is 16.1 Å². The minimum atomic E-state index is -0.732. The number of nitrogens with zero attached hydrogens (tertiary/aromatic N) is 2. The third-order valence-corrected chi connectivity index (χ3v) is 3.81. The monoisotopic (exact) mass is 256 g/mol. The molecule has 0 saturated carbocycles. The van der Waals surface area contributed by atoms with Gasteiger partial charge >= 0.3 is 5.97 Å². The molecule has 1 heterocycles. The number of hydrogen-bond donors (Lipinski definition) is 1. The summed E-state index contributed by atoms with van der Waals surface area (Å²) in [5.41, 5.74) is 2.96. The number of thiazole rings is 1. The summed E-state index contributed by atoms with van der Waals surface area (Å²) >= 11 is 1.67. The van der Waals surface area contributed by atoms with Crippen LogP contribution in [0, 0.1) is 6.92 Å². The Labute approximate surface area is 106 Å². The van der Waals surface area contributed by atoms with Gasteiger partial charge in [-0.3, -0.25) is 9.69 Å². The van der Waals surface area contributed by atoms with Crippen LogP contribution in [0.4, 0.5) is 0 Å². The molecule has 96 valence electrons. The lowest BCUT2D eigenvalue weighted by Gasteiger charge is -2.25. The predicted molar refractivity (Wildman–Crippen MR) is 69.5 cm³/mol. The van der Waals surface area contributed by atoms with Gasteiger partial charge in [0.15, 0.2) is 0 Å². The topological polar surface area (TPSA) is 53.4 Å². The van der Waals surface area contributed by atoms with Crippen LogP contribution in [-0.4, -0.2) is 40.1 Å². The summed E-state index contributed by atoms with van der Waals surface area (Å²) in [6, 6.07) is 0.377. The smallest absolute Gasteiger partial charge is 0.304 e. The molecule has 0 spiro atoms. The zero-order valence-corrected chi connectivity index (χ0v) is 11.5. The van der Waals surface area contributed by atoms with Crippen molar-refractivity contribution in [2.45, 2.75) is 39.7 Å². The number of rotatable bonds is 7. The first-order chi connectivity index (χ1) is 8.00. The Balaban J connectivity index is 2.44. The molecule has 0 unspecified atom stereocenters. The van der Waals surface area contributed by atoms with E-state index in [4.69, 9.17) is 5.11 Å². The zero-order chi connectivity index (χ0) is 12.8. The van der Waals surface area contributed by atoms with Crippen LogP contribution in [0.3, 0.4) is 0 Å². The van der Waals surface area contributed by atoms with Gasteiger partial charge in [-0.15, -0.1) is 11.3 Å². The van der Waals surface area contributed by atoms with Crippen LogP contribution in [0.25, 0.3) is 0 Å². The normalized spacial score (nSPS) is 11.4. The van der Waals surface area contributed by atoms with E-state index in [1.807, 2.05) is 12.4 Å². The van der Waals surface area contributed by atoms with Crippen LogP contribution >= 0.6 is 11.3 Å². The molecule has 0 aliphatic carbocycles. The molecule has 1 N–H and O–H groups in total. The molecule has 1 rings (SSSR count). The highest BCUT2D eigenvalue weighted by molar-refractivity contribution is 7.09. The lowest BCUT2D eigenvalue weighted by atomic mass is 10.2. The van der Waals surface area contributed by atoms with Gasteiger partial charge in [0, 0.05) is 24.0 Å². The maximum atomic E-state index is 10.6. The Morgan fingerprint density at radius 2 is 2.24 bits per heavy atom. The van der Waals surface area contributed by atoms with Crippen molar-refractivity contribution in [1.82, 2.24) is 9.88 Å². The molecular formula is C12H20N2O2S. The van der Waals surface area contributed by atoms with Crippen LogP contribution in [-0.2, 0) is 11.2 Å². The summed E-state index contributed by atoms with van der Waals surface area (Å²) in [6.45, 7) is 7.73. The Morgan fingerprint density at radius 1 is 1.53 bits per heavy atom. The summed E-state index contributed by atoms with van der Waals surface area (Å²) in [6.07, 6.45) is 1.16. The molecule has 0 bridgehead atoms. The summed E-state index contributed by atoms with van der Waals surface area (Å²) < 4.78 is 0. The Bertz CT molecular complexity index is 363. The fourth-order valence-corrected chi connectivity index (χ4v) is 2.45. The van der Waals surface area contributed by atoms with E-state index < -0.39 is 5.97 Å². The lowest BCUT2D eigenvalue weighted by molar-refractivity contribution is -0.137. The number of aromatic nitrogens is 1. The average molecular weight is 256 g/mol. The molecule has 0 aromatic carbocycles. The molecular weight excluding hydrogens is 236 g/mol. The maximum absolute atomic E-state index is 10.6. The first kappa shape index (κ1) is 14.1. The average Bonchev–Trinajstić information content (AvgIpc) is 2.63. The Kier molecular flexibility index (Phi) is 5.58. The molecule has 0 atom stereocenters. The molecule has 0 fully saturated rings. The van der Waals surface area contributed by atoms with Gasteiger partial charge in [-0.05, 0) is 27.2 Å². The SMILES string of the molecule is Cc1ncsc1CCN(CCC(=O)O)C(C)C. The molecule has 1 aromatic rings. The van der Waals surface area contributed by atoms with Gasteiger partial charge in [0.2, 0.25) is 0 Å². The summed E-state index contributed by atoms with van der Waals surface area (Å²) in [7, 11) is 0. The fraction of sp³-hybridized carbons (Fsp3) is 0.667. The molecule has 1 aromatic heterocycles. The van der Waals surface area contributed by atoms with Crippen molar-refractivity contribution >= 4 is 17.3 Å². The first-order valence-electron chi connectivity index (χ1n) is 5.85. The minimum Gasteiger partial charge on any atom is -0.481 e. The predicted octanol–water partition coefficient (Wildman–Crippen LogP) is 2.18. The van der Waals surface area contributed by atoms with E-state index in [9.17, 15) is 4.79 Å². The largest absolute Gasteiger partial charge is 0.481 e. The molecule has 0 amide bonds. The van der Waals surface area contributed by atoms with E-state index in [0.717, 1.165) is 18.7 Å². The van der Waals surface area contributed by atoms with Crippen molar-refractivity contribution in [2.75, 3.05) is 13.1 Å². The van der Waals surface area contributed by atoms with Gasteiger partial charge in [0.25, 0.3) is 0 Å². The number of aliphatic carboxylic acids is 1. The van der Waals surface area contributed by atoms with Crippen LogP contribution in [0.15, 0.2) is 5.51 Å². The highest BCUT2D eigenvalue weighted by Gasteiger charge is 2.12. The zero-order valence-electron chi connectivity index (χ0n) is 10.6. The summed E-state index contributed by atoms with van der Waals surface area (Å²) in [4.78, 5) is 18.3. The Morgan fingerprint density at radius 3 is 2.71 bits per heavy atom. The van der Waals surface area contributed by atoms with Gasteiger partial charge in [0.05, 0.1) is 17.6 Å². The molecule has 0 saturated heterocycles. The van der Waals surface area contributed by atoms with Crippen LogP contribution in [0.2, 0.25) is 0 Å². The highest BCUT2D eigenvalue weighted by Crippen LogP contribution is 2.14. The van der Waals surface area contributed by atoms with Crippen LogP contribution in [0.1, 0.15) is 30.8 Å². The van der Waals surface area contributed by atoms with Gasteiger partial charge in [-0.25, -0.2) is 4.98 Å². The number of carbonyl (C=O) groups is 1. The van der Waals surface area contributed by atoms with Crippen molar-refractivity contribution in [3.8, 4) is 0 Å². The van der Waals surface area contributed by atoms with Crippen molar-refractivity contribution in [1.29, 1.82) is 0 Å². The van der Waals surface area contributed by atoms with Crippen molar-refractivity contribution < 1.29 is 9.90 Å². The van der Waals surface area contributed by atoms with E-state index >= 15 is 0 Å². The quantitative estimate of drug-likeness (QED) is 0.812. The maximum Gasteiger partial charge on any atom is 0.304 e. The van der Waals surface area contributed by atoms with E-state index in [1.54, 1.807) is 11.3 Å². The van der Waals surface area contributed by atoms with Gasteiger partial charge in [-0.1, -0.05) is 0 Å². The molecule has 0 aliphatic heterocycles. The second-order valence-corrected chi connectivity index (χ2v) is 5.32. The second kappa shape index (κ2) is 6.71. The standard InChI is InChI=1S/C12H20N2O2S/c1-9(2)14(7-5-12(15)16)6-4-11-10(3)13-8-17-11/h8-9H,4-7H2,1-3H3,(H,15,16). The molecule has 5 heteroatoms. The number of carboxylic acid groups (broad SMARTS) is 1. The van der Waals surface area contributed by atoms with Crippen molar-refractivity contribution in [2.24, 2.45) is 0 Å². The van der Waals surface area contributed by atoms with E-state index in [0.29, 0.717) is 12.6 Å². The van der Waals surface area contributed by atoms with Crippen LogP contribution < -0.4 is 0 Å². The number of carboxylic acids is 1. The van der Waals surface area contributed by atoms with Gasteiger partial charge < -0.3 is 5.11 Å². The molecule has 0 radical (unpaired) electrons. The third kappa shape index (κ3) is 4.83. The van der Waals surface area contributed by atoms with Gasteiger partial charge in [-0.2, -0.15) is 0 Å². The van der Waals surface area contributed by atoms with E-state index in [1.165, 1.54) is 4.88 Å². The van der Waals surface area contributed by atoms with E-state index in [-0.39, 0.29) is 6.42 Å². The molecule has 17 heavy (non-hydrogen) atoms. The Hall–Kier alpha value is -0.940. The molecule has 0 aliphatic rings. The molecule has 4 nitrogen and oxygen atoms in total. The summed E-state index contributed by atoms with van der Waals surface area (Å²) in [5, 5.41) is 8.71. The number of hydrogen-bond acceptors (Lipinski definition) is 4. The van der Waals surface area contributed by atoms with Crippen molar-refractivity contribution in [3.63, 3.8) is 0 Å². The van der Waals surface area contributed by atoms with Gasteiger partial charge in [0.1, 0.15) is 0 Å². The highest BCUT2D eigenvalue weighted by atomic mass is 32.1. The lowest BCUT2D eigenvalue weighted by Crippen LogP contribution is -2.34. The minimum absolute atomic E-state index is 0.208. The fourth-order valence-electron chi connectivity index (χ4n) is 1.68. The van der Waals surface area contributed by atoms with E-state index in [2.05, 4.69) is 23.7 Å². The van der Waals surface area contributed by atoms with Crippen LogP contribution in [0.5, 0.6) is 0 Å².